The van der Waals surface area contributed by atoms with Crippen molar-refractivity contribution in [3.05, 3.63) is 0 Å². The fourth-order valence-corrected chi connectivity index (χ4v) is 1.82. The molecular weight excluding hydrogens is 380 g/mol. The molecule has 0 heterocycles. The standard InChI is InChI=1S/C19H36N4O6/c1-4-22-19(25)5-6-26-7-8-27-9-10-28-11-12-29-15-17(23-20)13-21-14-18(24)16(2)3/h13,16H,4-12,14-15,20H2,1-3H3,(H,22,25)/b21-13?,23-17+. The summed E-state index contributed by atoms with van der Waals surface area (Å²) in [4.78, 5) is 26.7. The van der Waals surface area contributed by atoms with E-state index >= 15 is 0 Å². The van der Waals surface area contributed by atoms with E-state index in [2.05, 4.69) is 15.4 Å². The third-order valence-electron chi connectivity index (χ3n) is 3.51. The Morgan fingerprint density at radius 3 is 2.03 bits per heavy atom. The summed E-state index contributed by atoms with van der Waals surface area (Å²) in [5.74, 6) is 5.27. The third kappa shape index (κ3) is 17.9. The normalized spacial score (nSPS) is 12.1. The number of carbonyl (C=O) groups excluding carboxylic acids is 2. The van der Waals surface area contributed by atoms with Gasteiger partial charge in [-0.2, -0.15) is 5.10 Å². The highest BCUT2D eigenvalue weighted by atomic mass is 16.6. The van der Waals surface area contributed by atoms with Crippen molar-refractivity contribution in [1.82, 2.24) is 5.32 Å². The Hall–Kier alpha value is -1.88. The van der Waals surface area contributed by atoms with Crippen molar-refractivity contribution < 1.29 is 28.5 Å². The van der Waals surface area contributed by atoms with Crippen LogP contribution in [-0.2, 0) is 28.5 Å². The number of ketones is 1. The van der Waals surface area contributed by atoms with Gasteiger partial charge in [-0.3, -0.25) is 14.6 Å². The molecule has 0 rings (SSSR count). The van der Waals surface area contributed by atoms with Crippen molar-refractivity contribution in [1.29, 1.82) is 0 Å². The Kier molecular flexibility index (Phi) is 18.2. The van der Waals surface area contributed by atoms with E-state index in [1.165, 1.54) is 6.21 Å². The molecule has 29 heavy (non-hydrogen) atoms. The molecule has 0 unspecified atom stereocenters. The van der Waals surface area contributed by atoms with Crippen LogP contribution in [0.2, 0.25) is 0 Å². The molecule has 1 amide bonds. The van der Waals surface area contributed by atoms with Crippen LogP contribution >= 0.6 is 0 Å². The van der Waals surface area contributed by atoms with Gasteiger partial charge in [0.1, 0.15) is 5.71 Å². The van der Waals surface area contributed by atoms with Crippen LogP contribution in [0.3, 0.4) is 0 Å². The molecule has 0 aliphatic rings. The second kappa shape index (κ2) is 19.4. The highest BCUT2D eigenvalue weighted by Crippen LogP contribution is 1.93. The molecule has 0 aromatic heterocycles. The van der Waals surface area contributed by atoms with Gasteiger partial charge in [-0.25, -0.2) is 0 Å². The summed E-state index contributed by atoms with van der Waals surface area (Å²) in [5, 5.41) is 6.28. The molecule has 0 fully saturated rings. The number of nitrogens with zero attached hydrogens (tertiary/aromatic N) is 2. The number of ether oxygens (including phenoxy) is 4. The number of nitrogens with one attached hydrogen (secondary N) is 1. The van der Waals surface area contributed by atoms with Gasteiger partial charge in [0.15, 0.2) is 5.78 Å². The zero-order valence-corrected chi connectivity index (χ0v) is 17.9. The molecule has 0 aromatic carbocycles. The Bertz CT molecular complexity index is 497. The number of hydrogen-bond donors (Lipinski definition) is 2. The van der Waals surface area contributed by atoms with Gasteiger partial charge >= 0.3 is 0 Å². The molecule has 0 atom stereocenters. The third-order valence-corrected chi connectivity index (χ3v) is 3.51. The monoisotopic (exact) mass is 416 g/mol. The van der Waals surface area contributed by atoms with E-state index < -0.39 is 0 Å². The summed E-state index contributed by atoms with van der Waals surface area (Å²) in [5.41, 5.74) is 0.456. The Morgan fingerprint density at radius 1 is 0.966 bits per heavy atom. The Labute approximate surface area is 173 Å². The number of hydrazone groups is 1. The lowest BCUT2D eigenvalue weighted by Gasteiger charge is -2.07. The maximum atomic E-state index is 11.5. The van der Waals surface area contributed by atoms with Crippen molar-refractivity contribution in [3.8, 4) is 0 Å². The maximum Gasteiger partial charge on any atom is 0.222 e. The number of nitrogens with two attached hydrogens (primary N) is 1. The van der Waals surface area contributed by atoms with E-state index in [1.54, 1.807) is 0 Å². The molecule has 3 N–H and O–H groups in total. The average molecular weight is 417 g/mol. The molecule has 0 aliphatic heterocycles. The van der Waals surface area contributed by atoms with Crippen molar-refractivity contribution in [2.45, 2.75) is 27.2 Å². The average Bonchev–Trinajstić information content (AvgIpc) is 2.69. The first-order valence-electron chi connectivity index (χ1n) is 9.88. The fraction of sp³-hybridized carbons (Fsp3) is 0.789. The van der Waals surface area contributed by atoms with Crippen LogP contribution in [0.5, 0.6) is 0 Å². The number of carbonyl (C=O) groups is 2. The smallest absolute Gasteiger partial charge is 0.222 e. The zero-order chi connectivity index (χ0) is 21.7. The van der Waals surface area contributed by atoms with Gasteiger partial charge in [0.2, 0.25) is 5.91 Å². The molecule has 0 saturated carbocycles. The quantitative estimate of drug-likeness (QED) is 0.133. The number of rotatable bonds is 19. The van der Waals surface area contributed by atoms with Crippen LogP contribution in [-0.4, -0.2) is 89.6 Å². The number of aliphatic imine (C=N–C) groups is 1. The first-order valence-corrected chi connectivity index (χ1v) is 9.88. The van der Waals surface area contributed by atoms with Gasteiger partial charge in [-0.05, 0) is 6.92 Å². The Morgan fingerprint density at radius 2 is 1.52 bits per heavy atom. The second-order valence-corrected chi connectivity index (χ2v) is 6.30. The van der Waals surface area contributed by atoms with E-state index in [-0.39, 0.29) is 30.8 Å². The summed E-state index contributed by atoms with van der Waals surface area (Å²) in [6.45, 7) is 9.42. The van der Waals surface area contributed by atoms with Crippen molar-refractivity contribution in [2.75, 3.05) is 65.9 Å². The maximum absolute atomic E-state index is 11.5. The van der Waals surface area contributed by atoms with Crippen molar-refractivity contribution in [3.63, 3.8) is 0 Å². The van der Waals surface area contributed by atoms with Gasteiger partial charge in [-0.1, -0.05) is 13.8 Å². The predicted octanol–water partition coefficient (Wildman–Crippen LogP) is 0.190. The summed E-state index contributed by atoms with van der Waals surface area (Å²) in [6, 6.07) is 0. The van der Waals surface area contributed by atoms with Gasteiger partial charge in [0.05, 0.1) is 59.4 Å². The minimum atomic E-state index is -0.0471. The highest BCUT2D eigenvalue weighted by Gasteiger charge is 2.05. The number of Topliss-reactive ketones (excluding diaryl/α,β-unsaturated/α-hetero) is 1. The van der Waals surface area contributed by atoms with Crippen LogP contribution in [0.15, 0.2) is 10.1 Å². The van der Waals surface area contributed by atoms with Crippen LogP contribution in [0, 0.1) is 5.92 Å². The SMILES string of the molecule is CCNC(=O)CCOCCOCCOCCOC/C(C=NCC(=O)C(C)C)=N/N. The van der Waals surface area contributed by atoms with Crippen LogP contribution in [0.25, 0.3) is 0 Å². The van der Waals surface area contributed by atoms with Gasteiger partial charge in [0.25, 0.3) is 0 Å². The number of amides is 1. The summed E-state index contributed by atoms with van der Waals surface area (Å²) >= 11 is 0. The molecule has 0 spiro atoms. The van der Waals surface area contributed by atoms with Crippen molar-refractivity contribution in [2.24, 2.45) is 21.9 Å². The largest absolute Gasteiger partial charge is 0.379 e. The van der Waals surface area contributed by atoms with E-state index in [0.717, 1.165) is 0 Å². The zero-order valence-electron chi connectivity index (χ0n) is 17.9. The van der Waals surface area contributed by atoms with Gasteiger partial charge in [-0.15, -0.1) is 0 Å². The summed E-state index contributed by atoms with van der Waals surface area (Å²) < 4.78 is 21.4. The van der Waals surface area contributed by atoms with E-state index in [4.69, 9.17) is 24.8 Å². The molecule has 0 radical (unpaired) electrons. The fourth-order valence-electron chi connectivity index (χ4n) is 1.82. The minimum absolute atomic E-state index is 0.0117. The van der Waals surface area contributed by atoms with E-state index in [0.29, 0.717) is 64.9 Å². The summed E-state index contributed by atoms with van der Waals surface area (Å²) in [7, 11) is 0. The molecular formula is C19H36N4O6. The molecule has 0 aliphatic carbocycles. The van der Waals surface area contributed by atoms with Gasteiger partial charge < -0.3 is 30.1 Å². The lowest BCUT2D eigenvalue weighted by Crippen LogP contribution is -2.24. The van der Waals surface area contributed by atoms with E-state index in [1.807, 2.05) is 20.8 Å². The topological polar surface area (TPSA) is 134 Å². The molecule has 0 saturated heterocycles. The van der Waals surface area contributed by atoms with Crippen LogP contribution in [0.1, 0.15) is 27.2 Å². The molecule has 168 valence electrons. The predicted molar refractivity (Wildman–Crippen MR) is 111 cm³/mol. The van der Waals surface area contributed by atoms with Crippen LogP contribution in [0.4, 0.5) is 0 Å². The second-order valence-electron chi connectivity index (χ2n) is 6.30. The minimum Gasteiger partial charge on any atom is -0.379 e. The number of hydrogen-bond acceptors (Lipinski definition) is 9. The van der Waals surface area contributed by atoms with Crippen molar-refractivity contribution >= 4 is 23.6 Å². The molecule has 0 aromatic rings. The first-order chi connectivity index (χ1) is 14.0. The molecule has 0 bridgehead atoms. The summed E-state index contributed by atoms with van der Waals surface area (Å²) in [6.07, 6.45) is 1.81. The lowest BCUT2D eigenvalue weighted by atomic mass is 10.1. The first kappa shape index (κ1) is 27.1. The molecule has 10 nitrogen and oxygen atoms in total. The molecule has 10 heteroatoms. The van der Waals surface area contributed by atoms with Crippen LogP contribution < -0.4 is 11.2 Å². The van der Waals surface area contributed by atoms with E-state index in [9.17, 15) is 9.59 Å². The van der Waals surface area contributed by atoms with Gasteiger partial charge in [0, 0.05) is 25.1 Å². The Balaban J connectivity index is 3.46. The lowest BCUT2D eigenvalue weighted by molar-refractivity contribution is -0.122. The highest BCUT2D eigenvalue weighted by molar-refractivity contribution is 6.31.